The topological polar surface area (TPSA) is 62.7 Å². The van der Waals surface area contributed by atoms with E-state index in [1.54, 1.807) is 41.0 Å². The van der Waals surface area contributed by atoms with Crippen LogP contribution in [0.3, 0.4) is 0 Å². The van der Waals surface area contributed by atoms with Crippen molar-refractivity contribution in [1.82, 2.24) is 14.2 Å². The van der Waals surface area contributed by atoms with E-state index in [1.807, 2.05) is 12.1 Å². The van der Waals surface area contributed by atoms with Crippen LogP contribution in [-0.2, 0) is 16.4 Å². The van der Waals surface area contributed by atoms with Crippen LogP contribution in [0.5, 0.6) is 5.75 Å². The molecule has 0 radical (unpaired) electrons. The summed E-state index contributed by atoms with van der Waals surface area (Å²) in [5.74, 6) is 0.553. The predicted octanol–water partition coefficient (Wildman–Crippen LogP) is 1.64. The van der Waals surface area contributed by atoms with Crippen LogP contribution in [0, 0.1) is 0 Å². The Bertz CT molecular complexity index is 788. The molecule has 1 saturated heterocycles. The van der Waals surface area contributed by atoms with E-state index in [0.717, 1.165) is 26.1 Å². The number of pyridine rings is 1. The van der Waals surface area contributed by atoms with Gasteiger partial charge in [0.25, 0.3) is 0 Å². The van der Waals surface area contributed by atoms with Gasteiger partial charge in [0.2, 0.25) is 10.0 Å². The van der Waals surface area contributed by atoms with E-state index < -0.39 is 10.0 Å². The molecule has 25 heavy (non-hydrogen) atoms. The Morgan fingerprint density at radius 3 is 2.48 bits per heavy atom. The second kappa shape index (κ2) is 7.95. The number of hydrogen-bond donors (Lipinski definition) is 0. The van der Waals surface area contributed by atoms with E-state index >= 15 is 0 Å². The summed E-state index contributed by atoms with van der Waals surface area (Å²) in [6.07, 6.45) is 4.55. The molecule has 1 aromatic heterocycles. The van der Waals surface area contributed by atoms with Crippen LogP contribution in [0.4, 0.5) is 0 Å². The third kappa shape index (κ3) is 4.36. The fourth-order valence-electron chi connectivity index (χ4n) is 2.94. The van der Waals surface area contributed by atoms with E-state index in [1.165, 1.54) is 12.7 Å². The lowest BCUT2D eigenvalue weighted by atomic mass is 10.2. The van der Waals surface area contributed by atoms with Crippen molar-refractivity contribution in [1.29, 1.82) is 0 Å². The zero-order valence-electron chi connectivity index (χ0n) is 14.3. The molecule has 2 heterocycles. The summed E-state index contributed by atoms with van der Waals surface area (Å²) in [6.45, 7) is 3.44. The van der Waals surface area contributed by atoms with E-state index in [0.29, 0.717) is 18.8 Å². The van der Waals surface area contributed by atoms with Crippen LogP contribution in [0.25, 0.3) is 0 Å². The van der Waals surface area contributed by atoms with E-state index in [4.69, 9.17) is 4.74 Å². The number of hydrogen-bond acceptors (Lipinski definition) is 5. The quantitative estimate of drug-likeness (QED) is 0.783. The molecule has 1 aromatic carbocycles. The van der Waals surface area contributed by atoms with E-state index in [2.05, 4.69) is 9.88 Å². The van der Waals surface area contributed by atoms with Crippen molar-refractivity contribution in [3.63, 3.8) is 0 Å². The van der Waals surface area contributed by atoms with Crippen molar-refractivity contribution in [3.8, 4) is 5.75 Å². The third-order valence-electron chi connectivity index (χ3n) is 4.48. The highest BCUT2D eigenvalue weighted by atomic mass is 32.2. The fraction of sp³-hybridized carbons (Fsp3) is 0.389. The highest BCUT2D eigenvalue weighted by Gasteiger charge is 2.28. The first-order valence-electron chi connectivity index (χ1n) is 8.35. The second-order valence-electron chi connectivity index (χ2n) is 6.03. The maximum Gasteiger partial charge on any atom is 0.243 e. The summed E-state index contributed by atoms with van der Waals surface area (Å²) in [5.41, 5.74) is 1.25. The van der Waals surface area contributed by atoms with Gasteiger partial charge in [-0.15, -0.1) is 0 Å². The SMILES string of the molecule is COc1cccc(S(=O)(=O)N2CCN(CCc3ccncc3)CC2)c1. The second-order valence-corrected chi connectivity index (χ2v) is 7.97. The average molecular weight is 361 g/mol. The summed E-state index contributed by atoms with van der Waals surface area (Å²) in [7, 11) is -1.93. The molecule has 7 heteroatoms. The Morgan fingerprint density at radius 1 is 1.08 bits per heavy atom. The molecular weight excluding hydrogens is 338 g/mol. The van der Waals surface area contributed by atoms with Crippen molar-refractivity contribution < 1.29 is 13.2 Å². The van der Waals surface area contributed by atoms with Crippen LogP contribution in [0.1, 0.15) is 5.56 Å². The van der Waals surface area contributed by atoms with Gasteiger partial charge in [0, 0.05) is 51.2 Å². The van der Waals surface area contributed by atoms with Crippen molar-refractivity contribution in [3.05, 3.63) is 54.4 Å². The lowest BCUT2D eigenvalue weighted by Crippen LogP contribution is -2.48. The number of sulfonamides is 1. The molecule has 2 aromatic rings. The van der Waals surface area contributed by atoms with Crippen LogP contribution in [0.2, 0.25) is 0 Å². The van der Waals surface area contributed by atoms with Crippen molar-refractivity contribution in [2.75, 3.05) is 39.8 Å². The largest absolute Gasteiger partial charge is 0.497 e. The Balaban J connectivity index is 1.57. The summed E-state index contributed by atoms with van der Waals surface area (Å²) < 4.78 is 32.3. The highest BCUT2D eigenvalue weighted by Crippen LogP contribution is 2.22. The molecule has 3 rings (SSSR count). The number of benzene rings is 1. The smallest absolute Gasteiger partial charge is 0.243 e. The summed E-state index contributed by atoms with van der Waals surface area (Å²) in [4.78, 5) is 6.61. The lowest BCUT2D eigenvalue weighted by Gasteiger charge is -2.34. The molecule has 0 amide bonds. The number of aromatic nitrogens is 1. The number of methoxy groups -OCH3 is 1. The molecule has 6 nitrogen and oxygen atoms in total. The summed E-state index contributed by atoms with van der Waals surface area (Å²) in [6, 6.07) is 10.7. The average Bonchev–Trinajstić information content (AvgIpc) is 2.67. The van der Waals surface area contributed by atoms with Gasteiger partial charge in [-0.2, -0.15) is 4.31 Å². The third-order valence-corrected chi connectivity index (χ3v) is 6.37. The van der Waals surface area contributed by atoms with Gasteiger partial charge in [-0.3, -0.25) is 4.98 Å². The maximum atomic E-state index is 12.8. The Labute approximate surface area is 149 Å². The van der Waals surface area contributed by atoms with Crippen LogP contribution >= 0.6 is 0 Å². The zero-order chi connectivity index (χ0) is 17.7. The van der Waals surface area contributed by atoms with Gasteiger partial charge in [0.15, 0.2) is 0 Å². The fourth-order valence-corrected chi connectivity index (χ4v) is 4.40. The maximum absolute atomic E-state index is 12.8. The monoisotopic (exact) mass is 361 g/mol. The van der Waals surface area contributed by atoms with Gasteiger partial charge in [0.1, 0.15) is 5.75 Å². The molecule has 0 unspecified atom stereocenters. The molecule has 0 bridgehead atoms. The molecule has 0 aliphatic carbocycles. The van der Waals surface area contributed by atoms with E-state index in [9.17, 15) is 8.42 Å². The van der Waals surface area contributed by atoms with Crippen LogP contribution < -0.4 is 4.74 Å². The van der Waals surface area contributed by atoms with Crippen molar-refractivity contribution >= 4 is 10.0 Å². The normalized spacial score (nSPS) is 16.7. The first-order chi connectivity index (χ1) is 12.1. The van der Waals surface area contributed by atoms with Gasteiger partial charge in [-0.05, 0) is 36.2 Å². The first-order valence-corrected chi connectivity index (χ1v) is 9.79. The van der Waals surface area contributed by atoms with Crippen molar-refractivity contribution in [2.24, 2.45) is 0 Å². The van der Waals surface area contributed by atoms with E-state index in [-0.39, 0.29) is 4.90 Å². The highest BCUT2D eigenvalue weighted by molar-refractivity contribution is 7.89. The molecule has 1 aliphatic rings. The molecule has 1 fully saturated rings. The number of ether oxygens (including phenoxy) is 1. The molecular formula is C18H23N3O3S. The molecule has 0 atom stereocenters. The molecule has 0 N–H and O–H groups in total. The zero-order valence-corrected chi connectivity index (χ0v) is 15.2. The first kappa shape index (κ1) is 17.8. The van der Waals surface area contributed by atoms with Gasteiger partial charge >= 0.3 is 0 Å². The van der Waals surface area contributed by atoms with Crippen LogP contribution in [-0.4, -0.2) is 62.4 Å². The minimum atomic E-state index is -3.47. The standard InChI is InChI=1S/C18H23N3O3S/c1-24-17-3-2-4-18(15-17)25(22,23)21-13-11-20(12-14-21)10-7-16-5-8-19-9-6-16/h2-6,8-9,15H,7,10-14H2,1H3. The summed E-state index contributed by atoms with van der Waals surface area (Å²) >= 11 is 0. The van der Waals surface area contributed by atoms with Crippen LogP contribution in [0.15, 0.2) is 53.7 Å². The summed E-state index contributed by atoms with van der Waals surface area (Å²) in [5, 5.41) is 0. The Morgan fingerprint density at radius 2 is 1.80 bits per heavy atom. The molecule has 134 valence electrons. The number of piperazine rings is 1. The molecule has 0 saturated carbocycles. The van der Waals surface area contributed by atoms with Gasteiger partial charge in [0.05, 0.1) is 12.0 Å². The minimum Gasteiger partial charge on any atom is -0.497 e. The Kier molecular flexibility index (Phi) is 5.67. The van der Waals surface area contributed by atoms with Gasteiger partial charge in [-0.1, -0.05) is 6.07 Å². The Hall–Kier alpha value is -1.96. The number of rotatable bonds is 6. The predicted molar refractivity (Wildman–Crippen MR) is 96.1 cm³/mol. The molecule has 1 aliphatic heterocycles. The number of nitrogens with zero attached hydrogens (tertiary/aromatic N) is 3. The molecule has 0 spiro atoms. The van der Waals surface area contributed by atoms with Gasteiger partial charge < -0.3 is 9.64 Å². The van der Waals surface area contributed by atoms with Crippen molar-refractivity contribution in [2.45, 2.75) is 11.3 Å². The lowest BCUT2D eigenvalue weighted by molar-refractivity contribution is 0.190. The minimum absolute atomic E-state index is 0.289. The van der Waals surface area contributed by atoms with Gasteiger partial charge in [-0.25, -0.2) is 8.42 Å².